The predicted octanol–water partition coefficient (Wildman–Crippen LogP) is 2.21. The first-order valence-corrected chi connectivity index (χ1v) is 8.96. The molecular weight excluding hydrogens is 314 g/mol. The molecule has 132 valence electrons. The third-order valence-corrected chi connectivity index (χ3v) is 4.95. The third-order valence-electron chi connectivity index (χ3n) is 4.95. The number of ether oxygens (including phenoxy) is 1. The van der Waals surface area contributed by atoms with Crippen LogP contribution in [-0.2, 0) is 4.74 Å². The summed E-state index contributed by atoms with van der Waals surface area (Å²) in [6.45, 7) is 4.02. The number of anilines is 2. The number of aromatic nitrogens is 1. The van der Waals surface area contributed by atoms with E-state index in [4.69, 9.17) is 16.2 Å². The van der Waals surface area contributed by atoms with Gasteiger partial charge in [-0.2, -0.15) is 0 Å². The molecule has 1 aromatic heterocycles. The molecule has 4 N–H and O–H groups in total. The summed E-state index contributed by atoms with van der Waals surface area (Å²) >= 11 is 0. The van der Waals surface area contributed by atoms with Crippen LogP contribution >= 0.6 is 0 Å². The van der Waals surface area contributed by atoms with Crippen LogP contribution < -0.4 is 21.3 Å². The van der Waals surface area contributed by atoms with Crippen LogP contribution in [0.1, 0.15) is 26.2 Å². The lowest BCUT2D eigenvalue weighted by Crippen LogP contribution is -2.43. The van der Waals surface area contributed by atoms with E-state index in [0.717, 1.165) is 55.2 Å². The van der Waals surface area contributed by atoms with Gasteiger partial charge in [-0.05, 0) is 43.1 Å². The molecule has 0 aromatic carbocycles. The second-order valence-corrected chi connectivity index (χ2v) is 6.78. The van der Waals surface area contributed by atoms with Crippen LogP contribution in [-0.4, -0.2) is 30.3 Å². The highest BCUT2D eigenvalue weighted by atomic mass is 16.5. The number of rotatable bonds is 3. The van der Waals surface area contributed by atoms with Gasteiger partial charge in [0.2, 0.25) is 0 Å². The summed E-state index contributed by atoms with van der Waals surface area (Å²) in [5.74, 6) is 0.831. The van der Waals surface area contributed by atoms with E-state index in [1.54, 1.807) is 0 Å². The van der Waals surface area contributed by atoms with E-state index >= 15 is 0 Å². The van der Waals surface area contributed by atoms with Crippen molar-refractivity contribution in [1.29, 1.82) is 0 Å². The van der Waals surface area contributed by atoms with Crippen molar-refractivity contribution in [3.8, 4) is 0 Å². The molecular formula is C19H25N5O. The Morgan fingerprint density at radius 1 is 1.32 bits per heavy atom. The highest BCUT2D eigenvalue weighted by molar-refractivity contribution is 5.76. The Hall–Kier alpha value is -2.31. The van der Waals surface area contributed by atoms with Crippen LogP contribution in [0.25, 0.3) is 0 Å². The summed E-state index contributed by atoms with van der Waals surface area (Å²) in [6, 6.07) is 2.29. The van der Waals surface area contributed by atoms with E-state index < -0.39 is 6.23 Å². The zero-order chi connectivity index (χ0) is 17.4. The van der Waals surface area contributed by atoms with Gasteiger partial charge in [0, 0.05) is 31.5 Å². The first-order chi connectivity index (χ1) is 12.2. The quantitative estimate of drug-likeness (QED) is 0.879. The normalized spacial score (nSPS) is 25.8. The molecule has 0 aliphatic carbocycles. The first kappa shape index (κ1) is 16.2. The minimum atomic E-state index is -0.406. The van der Waals surface area contributed by atoms with Crippen molar-refractivity contribution in [2.75, 3.05) is 22.9 Å². The molecule has 6 nitrogen and oxygen atoms in total. The second kappa shape index (κ2) is 6.54. The van der Waals surface area contributed by atoms with Crippen LogP contribution in [0.2, 0.25) is 0 Å². The minimum Gasteiger partial charge on any atom is -0.470 e. The highest BCUT2D eigenvalue weighted by Gasteiger charge is 2.30. The van der Waals surface area contributed by atoms with Crippen LogP contribution in [0.3, 0.4) is 0 Å². The summed E-state index contributed by atoms with van der Waals surface area (Å²) in [4.78, 5) is 8.89. The fourth-order valence-electron chi connectivity index (χ4n) is 3.68. The molecule has 1 unspecified atom stereocenters. The molecule has 0 radical (unpaired) electrons. The van der Waals surface area contributed by atoms with Crippen molar-refractivity contribution in [3.63, 3.8) is 0 Å². The number of nitrogens with zero attached hydrogens (tertiary/aromatic N) is 3. The summed E-state index contributed by atoms with van der Waals surface area (Å²) in [6.07, 6.45) is 12.6. The van der Waals surface area contributed by atoms with Gasteiger partial charge in [-0.1, -0.05) is 6.92 Å². The second-order valence-electron chi connectivity index (χ2n) is 6.78. The maximum Gasteiger partial charge on any atom is 0.169 e. The largest absolute Gasteiger partial charge is 0.470 e. The maximum atomic E-state index is 6.20. The fraction of sp³-hybridized carbons (Fsp3) is 0.421. The van der Waals surface area contributed by atoms with E-state index in [1.807, 2.05) is 18.5 Å². The number of piperidine rings is 1. The molecule has 0 amide bonds. The van der Waals surface area contributed by atoms with Gasteiger partial charge in [-0.3, -0.25) is 10.7 Å². The Morgan fingerprint density at radius 2 is 2.20 bits per heavy atom. The van der Waals surface area contributed by atoms with Gasteiger partial charge in [0.25, 0.3) is 0 Å². The lowest BCUT2D eigenvalue weighted by Gasteiger charge is -2.36. The lowest BCUT2D eigenvalue weighted by atomic mass is 10.0. The SMILES string of the molecule is CCC1=CN(c2cnccc2N2CCC[C@H](N)C2)C2=CC(N)OC2=C1. The van der Waals surface area contributed by atoms with Crippen LogP contribution in [0.4, 0.5) is 11.4 Å². The third kappa shape index (κ3) is 3.03. The Labute approximate surface area is 148 Å². The Balaban J connectivity index is 1.75. The van der Waals surface area contributed by atoms with Crippen LogP contribution in [0.5, 0.6) is 0 Å². The molecule has 4 heterocycles. The Morgan fingerprint density at radius 3 is 3.00 bits per heavy atom. The Bertz CT molecular complexity index is 754. The van der Waals surface area contributed by atoms with Gasteiger partial charge in [-0.15, -0.1) is 0 Å². The standard InChI is InChI=1S/C19H25N5O/c1-2-13-8-18-16(9-19(21)25-18)24(11-13)17-10-22-6-5-15(17)23-7-3-4-14(20)12-23/h5-6,8-11,14,19H,2-4,7,12,20-21H2,1H3/t14-,19?/m0/s1. The molecule has 3 aliphatic heterocycles. The monoisotopic (exact) mass is 339 g/mol. The predicted molar refractivity (Wildman–Crippen MR) is 99.7 cm³/mol. The summed E-state index contributed by atoms with van der Waals surface area (Å²) in [5.41, 5.74) is 16.6. The molecule has 25 heavy (non-hydrogen) atoms. The van der Waals surface area contributed by atoms with E-state index in [0.29, 0.717) is 0 Å². The highest BCUT2D eigenvalue weighted by Crippen LogP contribution is 2.39. The smallest absolute Gasteiger partial charge is 0.169 e. The molecule has 1 aromatic rings. The van der Waals surface area contributed by atoms with E-state index in [9.17, 15) is 0 Å². The lowest BCUT2D eigenvalue weighted by molar-refractivity contribution is 0.185. The van der Waals surface area contributed by atoms with E-state index in [2.05, 4.69) is 40.0 Å². The summed E-state index contributed by atoms with van der Waals surface area (Å²) in [5, 5.41) is 0. The fourth-order valence-corrected chi connectivity index (χ4v) is 3.68. The zero-order valence-corrected chi connectivity index (χ0v) is 14.6. The number of fused-ring (bicyclic) bond motifs is 1. The van der Waals surface area contributed by atoms with Crippen LogP contribution in [0, 0.1) is 0 Å². The molecule has 0 bridgehead atoms. The van der Waals surface area contributed by atoms with Crippen molar-refractivity contribution in [2.45, 2.75) is 38.5 Å². The van der Waals surface area contributed by atoms with Crippen molar-refractivity contribution < 1.29 is 4.74 Å². The number of nitrogens with two attached hydrogens (primary N) is 2. The molecule has 3 aliphatic rings. The topological polar surface area (TPSA) is 80.6 Å². The molecule has 2 atom stereocenters. The molecule has 6 heteroatoms. The van der Waals surface area contributed by atoms with Gasteiger partial charge >= 0.3 is 0 Å². The number of allylic oxidation sites excluding steroid dienone is 2. The maximum absolute atomic E-state index is 6.20. The molecule has 1 fully saturated rings. The van der Waals surface area contributed by atoms with Gasteiger partial charge in [0.15, 0.2) is 6.23 Å². The molecule has 0 saturated carbocycles. The van der Waals surface area contributed by atoms with Gasteiger partial charge < -0.3 is 20.3 Å². The van der Waals surface area contributed by atoms with Crippen LogP contribution in [0.15, 0.2) is 53.8 Å². The van der Waals surface area contributed by atoms with Crippen molar-refractivity contribution in [2.24, 2.45) is 11.5 Å². The molecule has 0 spiro atoms. The van der Waals surface area contributed by atoms with E-state index in [1.165, 1.54) is 5.57 Å². The molecule has 4 rings (SSSR count). The van der Waals surface area contributed by atoms with E-state index in [-0.39, 0.29) is 6.04 Å². The van der Waals surface area contributed by atoms with Crippen molar-refractivity contribution in [3.05, 3.63) is 53.8 Å². The summed E-state index contributed by atoms with van der Waals surface area (Å²) in [7, 11) is 0. The van der Waals surface area contributed by atoms with Crippen molar-refractivity contribution in [1.82, 2.24) is 4.98 Å². The number of hydrogen-bond donors (Lipinski definition) is 2. The zero-order valence-electron chi connectivity index (χ0n) is 14.6. The first-order valence-electron chi connectivity index (χ1n) is 8.96. The van der Waals surface area contributed by atoms with Gasteiger partial charge in [0.05, 0.1) is 23.3 Å². The summed E-state index contributed by atoms with van der Waals surface area (Å²) < 4.78 is 5.76. The average Bonchev–Trinajstić information content (AvgIpc) is 3.01. The van der Waals surface area contributed by atoms with Gasteiger partial charge in [-0.25, -0.2) is 0 Å². The number of hydrogen-bond acceptors (Lipinski definition) is 6. The molecule has 1 saturated heterocycles. The van der Waals surface area contributed by atoms with Crippen molar-refractivity contribution >= 4 is 11.4 Å². The average molecular weight is 339 g/mol. The Kier molecular flexibility index (Phi) is 4.23. The minimum absolute atomic E-state index is 0.218. The van der Waals surface area contributed by atoms with Gasteiger partial charge in [0.1, 0.15) is 5.76 Å². The number of pyridine rings is 1.